The fraction of sp³-hybridized carbons (Fsp3) is 0.267. The van der Waals surface area contributed by atoms with Gasteiger partial charge in [-0.05, 0) is 36.9 Å². The molecule has 2 aromatic rings. The van der Waals surface area contributed by atoms with Gasteiger partial charge in [-0.2, -0.15) is 0 Å². The van der Waals surface area contributed by atoms with Crippen LogP contribution in [-0.2, 0) is 0 Å². The third kappa shape index (κ3) is 3.93. The van der Waals surface area contributed by atoms with Gasteiger partial charge in [-0.25, -0.2) is 4.79 Å². The van der Waals surface area contributed by atoms with E-state index in [1.54, 1.807) is 6.07 Å². The van der Waals surface area contributed by atoms with Gasteiger partial charge in [-0.15, -0.1) is 23.1 Å². The van der Waals surface area contributed by atoms with Crippen molar-refractivity contribution in [3.8, 4) is 0 Å². The molecule has 0 saturated heterocycles. The van der Waals surface area contributed by atoms with Crippen LogP contribution in [-0.4, -0.2) is 16.8 Å². The quantitative estimate of drug-likeness (QED) is 0.692. The van der Waals surface area contributed by atoms with E-state index in [1.807, 2.05) is 38.1 Å². The number of hydrogen-bond acceptors (Lipinski definition) is 4. The molecule has 112 valence electrons. The second kappa shape index (κ2) is 7.20. The fourth-order valence-electron chi connectivity index (χ4n) is 2.01. The minimum absolute atomic E-state index is 0.00229. The number of nitrogens with one attached hydrogen (secondary N) is 1. The van der Waals surface area contributed by atoms with Crippen LogP contribution in [0.4, 0.5) is 5.69 Å². The summed E-state index contributed by atoms with van der Waals surface area (Å²) in [4.78, 5) is 13.4. The van der Waals surface area contributed by atoms with Crippen molar-refractivity contribution >= 4 is 46.4 Å². The first-order valence-corrected chi connectivity index (χ1v) is 8.71. The Labute approximate surface area is 137 Å². The highest BCUT2D eigenvalue weighted by Crippen LogP contribution is 2.33. The number of halogens is 1. The molecular weight excluding hydrogens is 326 g/mol. The van der Waals surface area contributed by atoms with Gasteiger partial charge in [0.25, 0.3) is 0 Å². The standard InChI is InChI=1S/C15H16ClNO2S2/c1-3-20-12-6-4-5-10(14(12)15(18)19)17-9(2)11-7-8-13(16)21-11/h4-9,17H,3H2,1-2H3,(H,18,19). The molecule has 6 heteroatoms. The SMILES string of the molecule is CCSc1cccc(NC(C)c2ccc(Cl)s2)c1C(=O)O. The number of benzene rings is 1. The zero-order chi connectivity index (χ0) is 15.4. The van der Waals surface area contributed by atoms with Crippen LogP contribution in [0, 0.1) is 0 Å². The summed E-state index contributed by atoms with van der Waals surface area (Å²) in [5, 5.41) is 12.8. The van der Waals surface area contributed by atoms with Crippen LogP contribution in [0.25, 0.3) is 0 Å². The number of carboxylic acids is 1. The molecule has 0 amide bonds. The monoisotopic (exact) mass is 341 g/mol. The van der Waals surface area contributed by atoms with E-state index in [0.717, 1.165) is 19.9 Å². The summed E-state index contributed by atoms with van der Waals surface area (Å²) in [5.74, 6) is -0.0785. The van der Waals surface area contributed by atoms with Gasteiger partial charge >= 0.3 is 5.97 Å². The van der Waals surface area contributed by atoms with E-state index in [2.05, 4.69) is 5.32 Å². The second-order valence-electron chi connectivity index (χ2n) is 4.42. The number of anilines is 1. The van der Waals surface area contributed by atoms with Gasteiger partial charge in [0.05, 0.1) is 21.6 Å². The smallest absolute Gasteiger partial charge is 0.338 e. The highest BCUT2D eigenvalue weighted by molar-refractivity contribution is 7.99. The molecule has 2 rings (SSSR count). The van der Waals surface area contributed by atoms with Crippen LogP contribution in [0.3, 0.4) is 0 Å². The third-order valence-electron chi connectivity index (χ3n) is 2.93. The Morgan fingerprint density at radius 3 is 2.76 bits per heavy atom. The van der Waals surface area contributed by atoms with Crippen LogP contribution < -0.4 is 5.32 Å². The molecule has 1 aromatic carbocycles. The van der Waals surface area contributed by atoms with Gasteiger partial charge in [0.1, 0.15) is 0 Å². The van der Waals surface area contributed by atoms with Gasteiger partial charge in [0.15, 0.2) is 0 Å². The topological polar surface area (TPSA) is 49.3 Å². The van der Waals surface area contributed by atoms with Crippen LogP contribution in [0.2, 0.25) is 4.34 Å². The predicted octanol–water partition coefficient (Wildman–Crippen LogP) is 5.38. The van der Waals surface area contributed by atoms with Crippen LogP contribution in [0.15, 0.2) is 35.2 Å². The van der Waals surface area contributed by atoms with E-state index in [-0.39, 0.29) is 6.04 Å². The third-order valence-corrected chi connectivity index (χ3v) is 5.29. The number of carboxylic acid groups (broad SMARTS) is 1. The Hall–Kier alpha value is -1.17. The zero-order valence-electron chi connectivity index (χ0n) is 11.7. The molecule has 0 aliphatic heterocycles. The molecular formula is C15H16ClNO2S2. The van der Waals surface area contributed by atoms with Gasteiger partial charge < -0.3 is 10.4 Å². The highest BCUT2D eigenvalue weighted by atomic mass is 35.5. The average Bonchev–Trinajstić information content (AvgIpc) is 2.86. The van der Waals surface area contributed by atoms with E-state index in [4.69, 9.17) is 11.6 Å². The molecule has 1 heterocycles. The molecule has 0 radical (unpaired) electrons. The first-order chi connectivity index (χ1) is 10.0. The van der Waals surface area contributed by atoms with Crippen molar-refractivity contribution in [1.29, 1.82) is 0 Å². The molecule has 1 aromatic heterocycles. The van der Waals surface area contributed by atoms with Crippen molar-refractivity contribution in [1.82, 2.24) is 0 Å². The summed E-state index contributed by atoms with van der Waals surface area (Å²) < 4.78 is 0.729. The Balaban J connectivity index is 2.30. The zero-order valence-corrected chi connectivity index (χ0v) is 14.1. The molecule has 3 nitrogen and oxygen atoms in total. The van der Waals surface area contributed by atoms with E-state index >= 15 is 0 Å². The van der Waals surface area contributed by atoms with E-state index in [1.165, 1.54) is 23.1 Å². The molecule has 1 atom stereocenters. The first-order valence-electron chi connectivity index (χ1n) is 6.53. The van der Waals surface area contributed by atoms with Crippen molar-refractivity contribution in [3.63, 3.8) is 0 Å². The number of rotatable bonds is 6. The summed E-state index contributed by atoms with van der Waals surface area (Å²) in [6.07, 6.45) is 0. The van der Waals surface area contributed by atoms with Crippen LogP contribution >= 0.6 is 34.7 Å². The van der Waals surface area contributed by atoms with Gasteiger partial charge in [-0.1, -0.05) is 24.6 Å². The average molecular weight is 342 g/mol. The lowest BCUT2D eigenvalue weighted by Gasteiger charge is -2.17. The lowest BCUT2D eigenvalue weighted by Crippen LogP contribution is -2.10. The van der Waals surface area contributed by atoms with E-state index in [0.29, 0.717) is 11.3 Å². The molecule has 0 spiro atoms. The number of hydrogen-bond donors (Lipinski definition) is 2. The summed E-state index contributed by atoms with van der Waals surface area (Å²) >= 11 is 8.98. The molecule has 21 heavy (non-hydrogen) atoms. The Morgan fingerprint density at radius 2 is 2.19 bits per heavy atom. The Kier molecular flexibility index (Phi) is 5.56. The van der Waals surface area contributed by atoms with Crippen LogP contribution in [0.5, 0.6) is 0 Å². The van der Waals surface area contributed by atoms with Gasteiger partial charge in [0.2, 0.25) is 0 Å². The number of thioether (sulfide) groups is 1. The van der Waals surface area contributed by atoms with Crippen molar-refractivity contribution in [2.45, 2.75) is 24.8 Å². The summed E-state index contributed by atoms with van der Waals surface area (Å²) in [5.41, 5.74) is 0.969. The minimum atomic E-state index is -0.912. The van der Waals surface area contributed by atoms with Gasteiger partial charge in [-0.3, -0.25) is 0 Å². The maximum absolute atomic E-state index is 11.6. The first kappa shape index (κ1) is 16.2. The van der Waals surface area contributed by atoms with E-state index < -0.39 is 5.97 Å². The van der Waals surface area contributed by atoms with Crippen LogP contribution in [0.1, 0.15) is 35.1 Å². The molecule has 1 unspecified atom stereocenters. The predicted molar refractivity (Wildman–Crippen MR) is 91.2 cm³/mol. The van der Waals surface area contributed by atoms with Gasteiger partial charge in [0, 0.05) is 9.77 Å². The molecule has 0 fully saturated rings. The Bertz CT molecular complexity index is 642. The molecule has 0 aliphatic carbocycles. The molecule has 0 saturated carbocycles. The summed E-state index contributed by atoms with van der Waals surface area (Å²) in [7, 11) is 0. The van der Waals surface area contributed by atoms with Crippen molar-refractivity contribution in [2.24, 2.45) is 0 Å². The molecule has 2 N–H and O–H groups in total. The summed E-state index contributed by atoms with van der Waals surface area (Å²) in [6.45, 7) is 4.00. The Morgan fingerprint density at radius 1 is 1.43 bits per heavy atom. The lowest BCUT2D eigenvalue weighted by molar-refractivity contribution is 0.0694. The second-order valence-corrected chi connectivity index (χ2v) is 7.48. The largest absolute Gasteiger partial charge is 0.478 e. The normalized spacial score (nSPS) is 12.1. The molecule has 0 bridgehead atoms. The van der Waals surface area contributed by atoms with E-state index in [9.17, 15) is 9.90 Å². The number of aromatic carboxylic acids is 1. The summed E-state index contributed by atoms with van der Waals surface area (Å²) in [6, 6.07) is 9.32. The van der Waals surface area contributed by atoms with Crippen molar-refractivity contribution in [2.75, 3.05) is 11.1 Å². The van der Waals surface area contributed by atoms with Crippen molar-refractivity contribution in [3.05, 3.63) is 45.1 Å². The fourth-order valence-corrected chi connectivity index (χ4v) is 3.90. The number of thiophene rings is 1. The maximum atomic E-state index is 11.6. The van der Waals surface area contributed by atoms with Crippen molar-refractivity contribution < 1.29 is 9.90 Å². The maximum Gasteiger partial charge on any atom is 0.338 e. The minimum Gasteiger partial charge on any atom is -0.478 e. The lowest BCUT2D eigenvalue weighted by atomic mass is 10.1. The highest BCUT2D eigenvalue weighted by Gasteiger charge is 2.18. The number of carbonyl (C=O) groups is 1. The molecule has 0 aliphatic rings.